The highest BCUT2D eigenvalue weighted by atomic mass is 35.5. The third-order valence-electron chi connectivity index (χ3n) is 4.95. The summed E-state index contributed by atoms with van der Waals surface area (Å²) in [6.45, 7) is 6.70. The summed E-state index contributed by atoms with van der Waals surface area (Å²) in [7, 11) is 0. The molecule has 25 heavy (non-hydrogen) atoms. The number of nitrogens with one attached hydrogen (secondary N) is 1. The largest absolute Gasteiger partial charge is 0.340 e. The van der Waals surface area contributed by atoms with Crippen molar-refractivity contribution in [2.45, 2.75) is 25.8 Å². The van der Waals surface area contributed by atoms with Crippen molar-refractivity contribution in [2.75, 3.05) is 39.3 Å². The Morgan fingerprint density at radius 2 is 1.96 bits per heavy atom. The van der Waals surface area contributed by atoms with Crippen LogP contribution in [0.25, 0.3) is 0 Å². The molecule has 1 aromatic carbocycles. The van der Waals surface area contributed by atoms with Gasteiger partial charge >= 0.3 is 0 Å². The first-order valence-corrected chi connectivity index (χ1v) is 9.04. The van der Waals surface area contributed by atoms with Crippen LogP contribution in [-0.2, 0) is 11.3 Å². The lowest BCUT2D eigenvalue weighted by Crippen LogP contribution is -2.48. The van der Waals surface area contributed by atoms with Crippen molar-refractivity contribution in [2.24, 2.45) is 5.92 Å². The predicted octanol–water partition coefficient (Wildman–Crippen LogP) is 3.22. The maximum absolute atomic E-state index is 12.3. The first-order valence-electron chi connectivity index (χ1n) is 8.66. The van der Waals surface area contributed by atoms with Crippen molar-refractivity contribution >= 4 is 42.3 Å². The maximum Gasteiger partial charge on any atom is 0.222 e. The van der Waals surface area contributed by atoms with Crippen molar-refractivity contribution in [1.29, 1.82) is 0 Å². The molecule has 2 fully saturated rings. The van der Waals surface area contributed by atoms with E-state index in [4.69, 9.17) is 11.6 Å². The molecule has 1 amide bonds. The summed E-state index contributed by atoms with van der Waals surface area (Å²) >= 11 is 6.04. The van der Waals surface area contributed by atoms with Crippen LogP contribution in [0.5, 0.6) is 0 Å². The standard InChI is InChI=1S/C18H26ClN3O.2ClH/c19-17-3-1-2-16(12-17)14-21-8-10-22(11-9-21)18(23)5-4-15-6-7-20-13-15;;/h1-3,12,15,20H,4-11,13-14H2;2*1H. The molecule has 4 nitrogen and oxygen atoms in total. The van der Waals surface area contributed by atoms with Crippen molar-refractivity contribution in [3.63, 3.8) is 0 Å². The monoisotopic (exact) mass is 407 g/mol. The van der Waals surface area contributed by atoms with Gasteiger partial charge in [0, 0.05) is 44.2 Å². The van der Waals surface area contributed by atoms with Crippen LogP contribution in [0.1, 0.15) is 24.8 Å². The number of amides is 1. The van der Waals surface area contributed by atoms with Crippen LogP contribution in [0.3, 0.4) is 0 Å². The lowest BCUT2D eigenvalue weighted by Gasteiger charge is -2.35. The van der Waals surface area contributed by atoms with Gasteiger partial charge in [-0.3, -0.25) is 9.69 Å². The molecule has 0 saturated carbocycles. The van der Waals surface area contributed by atoms with Gasteiger partial charge in [-0.2, -0.15) is 0 Å². The van der Waals surface area contributed by atoms with Gasteiger partial charge < -0.3 is 10.2 Å². The summed E-state index contributed by atoms with van der Waals surface area (Å²) in [4.78, 5) is 16.8. The van der Waals surface area contributed by atoms with Crippen molar-refractivity contribution in [3.05, 3.63) is 34.9 Å². The highest BCUT2D eigenvalue weighted by Crippen LogP contribution is 2.17. The Hall–Kier alpha value is -0.520. The Bertz CT molecular complexity index is 530. The van der Waals surface area contributed by atoms with Gasteiger partial charge in [0.25, 0.3) is 0 Å². The topological polar surface area (TPSA) is 35.6 Å². The molecule has 1 N–H and O–H groups in total. The summed E-state index contributed by atoms with van der Waals surface area (Å²) < 4.78 is 0. The van der Waals surface area contributed by atoms with Crippen LogP contribution >= 0.6 is 36.4 Å². The molecule has 2 aliphatic rings. The van der Waals surface area contributed by atoms with E-state index in [9.17, 15) is 4.79 Å². The summed E-state index contributed by atoms with van der Waals surface area (Å²) in [6, 6.07) is 8.03. The zero-order valence-electron chi connectivity index (χ0n) is 14.5. The summed E-state index contributed by atoms with van der Waals surface area (Å²) in [5, 5.41) is 4.16. The van der Waals surface area contributed by atoms with Gasteiger partial charge in [-0.05, 0) is 49.5 Å². The Morgan fingerprint density at radius 1 is 1.20 bits per heavy atom. The minimum atomic E-state index is 0. The number of nitrogens with zero attached hydrogens (tertiary/aromatic N) is 2. The van der Waals surface area contributed by atoms with Gasteiger partial charge in [-0.15, -0.1) is 24.8 Å². The number of halogens is 3. The Kier molecular flexibility index (Phi) is 10.1. The van der Waals surface area contributed by atoms with Crippen LogP contribution in [0.15, 0.2) is 24.3 Å². The summed E-state index contributed by atoms with van der Waals surface area (Å²) in [5.41, 5.74) is 1.24. The molecule has 0 aliphatic carbocycles. The number of carbonyl (C=O) groups excluding carboxylic acids is 1. The van der Waals surface area contributed by atoms with Crippen molar-refractivity contribution < 1.29 is 4.79 Å². The second kappa shape index (κ2) is 11.2. The van der Waals surface area contributed by atoms with E-state index in [-0.39, 0.29) is 24.8 Å². The Balaban J connectivity index is 0.00000156. The number of piperazine rings is 1. The third kappa shape index (κ3) is 6.95. The molecule has 3 rings (SSSR count). The lowest BCUT2D eigenvalue weighted by molar-refractivity contribution is -0.133. The van der Waals surface area contributed by atoms with Gasteiger partial charge in [0.1, 0.15) is 0 Å². The van der Waals surface area contributed by atoms with E-state index < -0.39 is 0 Å². The average molecular weight is 409 g/mol. The molecule has 2 saturated heterocycles. The lowest BCUT2D eigenvalue weighted by atomic mass is 10.0. The summed E-state index contributed by atoms with van der Waals surface area (Å²) in [5.74, 6) is 1.03. The number of hydrogen-bond acceptors (Lipinski definition) is 3. The van der Waals surface area contributed by atoms with Gasteiger partial charge in [-0.25, -0.2) is 0 Å². The van der Waals surface area contributed by atoms with Gasteiger partial charge in [0.05, 0.1) is 0 Å². The molecule has 1 aromatic rings. The first-order chi connectivity index (χ1) is 11.2. The van der Waals surface area contributed by atoms with E-state index in [1.54, 1.807) is 0 Å². The van der Waals surface area contributed by atoms with E-state index in [2.05, 4.69) is 16.3 Å². The minimum absolute atomic E-state index is 0. The van der Waals surface area contributed by atoms with Crippen LogP contribution < -0.4 is 5.32 Å². The fourth-order valence-corrected chi connectivity index (χ4v) is 3.71. The minimum Gasteiger partial charge on any atom is -0.340 e. The Labute approximate surface area is 168 Å². The van der Waals surface area contributed by atoms with E-state index in [1.807, 2.05) is 23.1 Å². The quantitative estimate of drug-likeness (QED) is 0.812. The molecular weight excluding hydrogens is 381 g/mol. The van der Waals surface area contributed by atoms with Crippen molar-refractivity contribution in [3.8, 4) is 0 Å². The molecule has 0 radical (unpaired) electrons. The van der Waals surface area contributed by atoms with E-state index >= 15 is 0 Å². The number of carbonyl (C=O) groups is 1. The van der Waals surface area contributed by atoms with E-state index in [0.717, 1.165) is 57.3 Å². The molecule has 142 valence electrons. The fraction of sp³-hybridized carbons (Fsp3) is 0.611. The highest BCUT2D eigenvalue weighted by Gasteiger charge is 2.22. The smallest absolute Gasteiger partial charge is 0.222 e. The summed E-state index contributed by atoms with van der Waals surface area (Å²) in [6.07, 6.45) is 2.97. The zero-order chi connectivity index (χ0) is 16.1. The maximum atomic E-state index is 12.3. The number of rotatable bonds is 5. The van der Waals surface area contributed by atoms with E-state index in [1.165, 1.54) is 12.0 Å². The SMILES string of the molecule is Cl.Cl.O=C(CCC1CCNC1)N1CCN(Cc2cccc(Cl)c2)CC1. The molecule has 2 aliphatic heterocycles. The normalized spacial score (nSPS) is 20.7. The van der Waals surface area contributed by atoms with Crippen LogP contribution in [0.4, 0.5) is 0 Å². The molecule has 0 aromatic heterocycles. The first kappa shape index (κ1) is 22.5. The molecule has 1 atom stereocenters. The van der Waals surface area contributed by atoms with Gasteiger partial charge in [0.15, 0.2) is 0 Å². The number of benzene rings is 1. The predicted molar refractivity (Wildman–Crippen MR) is 108 cm³/mol. The number of hydrogen-bond donors (Lipinski definition) is 1. The molecule has 2 heterocycles. The average Bonchev–Trinajstić information content (AvgIpc) is 3.07. The molecule has 7 heteroatoms. The molecular formula is C18H28Cl3N3O. The van der Waals surface area contributed by atoms with Crippen LogP contribution in [-0.4, -0.2) is 55.0 Å². The fourth-order valence-electron chi connectivity index (χ4n) is 3.50. The zero-order valence-corrected chi connectivity index (χ0v) is 16.8. The second-order valence-electron chi connectivity index (χ2n) is 6.68. The van der Waals surface area contributed by atoms with Gasteiger partial charge in [-0.1, -0.05) is 23.7 Å². The molecule has 0 bridgehead atoms. The molecule has 0 spiro atoms. The van der Waals surface area contributed by atoms with E-state index in [0.29, 0.717) is 18.2 Å². The highest BCUT2D eigenvalue weighted by molar-refractivity contribution is 6.30. The Morgan fingerprint density at radius 3 is 2.60 bits per heavy atom. The van der Waals surface area contributed by atoms with Crippen LogP contribution in [0.2, 0.25) is 5.02 Å². The molecule has 1 unspecified atom stereocenters. The van der Waals surface area contributed by atoms with Gasteiger partial charge in [0.2, 0.25) is 5.91 Å². The van der Waals surface area contributed by atoms with Crippen LogP contribution in [0, 0.1) is 5.92 Å². The third-order valence-corrected chi connectivity index (χ3v) is 5.18. The van der Waals surface area contributed by atoms with Crippen molar-refractivity contribution in [1.82, 2.24) is 15.1 Å². The second-order valence-corrected chi connectivity index (χ2v) is 7.12.